The molecular formula is C15H26N4O3. The average molecular weight is 310 g/mol. The van der Waals surface area contributed by atoms with Crippen LogP contribution in [0.3, 0.4) is 0 Å². The van der Waals surface area contributed by atoms with Crippen molar-refractivity contribution in [1.29, 1.82) is 0 Å². The minimum atomic E-state index is -0.551. The molecule has 2 aliphatic heterocycles. The first-order valence-electron chi connectivity index (χ1n) is 8.07. The number of hydrogen-bond acceptors (Lipinski definition) is 4. The molecule has 0 bridgehead atoms. The summed E-state index contributed by atoms with van der Waals surface area (Å²) >= 11 is 0. The van der Waals surface area contributed by atoms with Crippen LogP contribution < -0.4 is 5.32 Å². The van der Waals surface area contributed by atoms with Gasteiger partial charge in [-0.2, -0.15) is 0 Å². The number of amides is 3. The van der Waals surface area contributed by atoms with Crippen LogP contribution in [0, 0.1) is 5.92 Å². The lowest BCUT2D eigenvalue weighted by Gasteiger charge is -2.36. The van der Waals surface area contributed by atoms with E-state index in [2.05, 4.69) is 5.32 Å². The fourth-order valence-electron chi connectivity index (χ4n) is 3.18. The van der Waals surface area contributed by atoms with Gasteiger partial charge in [0.05, 0.1) is 0 Å². The Morgan fingerprint density at radius 3 is 2.55 bits per heavy atom. The molecule has 2 rings (SSSR count). The van der Waals surface area contributed by atoms with Crippen molar-refractivity contribution < 1.29 is 14.4 Å². The van der Waals surface area contributed by atoms with Crippen LogP contribution in [-0.4, -0.2) is 85.3 Å². The Morgan fingerprint density at radius 1 is 1.18 bits per heavy atom. The Balaban J connectivity index is 1.89. The van der Waals surface area contributed by atoms with E-state index in [4.69, 9.17) is 0 Å². The zero-order chi connectivity index (χ0) is 16.1. The van der Waals surface area contributed by atoms with Gasteiger partial charge >= 0.3 is 11.8 Å². The average Bonchev–Trinajstić information content (AvgIpc) is 2.52. The largest absolute Gasteiger partial charge is 0.341 e. The summed E-state index contributed by atoms with van der Waals surface area (Å²) in [7, 11) is 1.91. The third-order valence-corrected chi connectivity index (χ3v) is 4.47. The topological polar surface area (TPSA) is 73.0 Å². The molecule has 2 aliphatic rings. The van der Waals surface area contributed by atoms with Crippen molar-refractivity contribution in [2.24, 2.45) is 5.92 Å². The van der Waals surface area contributed by atoms with Crippen LogP contribution in [0.15, 0.2) is 0 Å². The molecule has 1 N–H and O–H groups in total. The lowest BCUT2D eigenvalue weighted by Crippen LogP contribution is -2.57. The third kappa shape index (κ3) is 3.76. The minimum Gasteiger partial charge on any atom is -0.341 e. The maximum Gasteiger partial charge on any atom is 0.312 e. The predicted octanol–water partition coefficient (Wildman–Crippen LogP) is -0.865. The molecule has 0 saturated carbocycles. The van der Waals surface area contributed by atoms with E-state index in [1.54, 1.807) is 0 Å². The van der Waals surface area contributed by atoms with Gasteiger partial charge in [-0.05, 0) is 39.3 Å². The van der Waals surface area contributed by atoms with Crippen molar-refractivity contribution in [2.75, 3.05) is 52.9 Å². The second kappa shape index (κ2) is 7.58. The molecule has 1 unspecified atom stereocenters. The van der Waals surface area contributed by atoms with Gasteiger partial charge in [0.1, 0.15) is 6.54 Å². The smallest absolute Gasteiger partial charge is 0.312 e. The van der Waals surface area contributed by atoms with E-state index >= 15 is 0 Å². The molecule has 0 aliphatic carbocycles. The van der Waals surface area contributed by atoms with Gasteiger partial charge in [0.25, 0.3) is 0 Å². The van der Waals surface area contributed by atoms with E-state index in [-0.39, 0.29) is 12.5 Å². The Labute approximate surface area is 131 Å². The molecule has 0 aromatic carbocycles. The third-order valence-electron chi connectivity index (χ3n) is 4.47. The monoisotopic (exact) mass is 310 g/mol. The fourth-order valence-corrected chi connectivity index (χ4v) is 3.18. The highest BCUT2D eigenvalue weighted by Gasteiger charge is 2.34. The van der Waals surface area contributed by atoms with Crippen molar-refractivity contribution in [3.05, 3.63) is 0 Å². The summed E-state index contributed by atoms with van der Waals surface area (Å²) in [6.07, 6.45) is 2.12. The summed E-state index contributed by atoms with van der Waals surface area (Å²) in [6.45, 7) is 5.73. The molecule has 0 radical (unpaired) electrons. The highest BCUT2D eigenvalue weighted by molar-refractivity contribution is 6.35. The number of likely N-dealkylation sites (N-methyl/N-ethyl adjacent to an activating group) is 1. The number of nitrogens with one attached hydrogen (secondary N) is 1. The predicted molar refractivity (Wildman–Crippen MR) is 82.1 cm³/mol. The molecule has 2 saturated heterocycles. The number of piperazine rings is 1. The van der Waals surface area contributed by atoms with Crippen LogP contribution in [0.25, 0.3) is 0 Å². The number of carbonyl (C=O) groups is 3. The molecule has 7 nitrogen and oxygen atoms in total. The zero-order valence-electron chi connectivity index (χ0n) is 13.5. The van der Waals surface area contributed by atoms with E-state index in [1.165, 1.54) is 9.80 Å². The quantitative estimate of drug-likeness (QED) is 0.671. The number of hydrogen-bond donors (Lipinski definition) is 1. The molecule has 7 heteroatoms. The van der Waals surface area contributed by atoms with Crippen molar-refractivity contribution >= 4 is 17.7 Å². The summed E-state index contributed by atoms with van der Waals surface area (Å²) in [5.74, 6) is -0.623. The molecule has 3 amide bonds. The normalized spacial score (nSPS) is 23.2. The number of rotatable bonds is 5. The first-order valence-corrected chi connectivity index (χ1v) is 8.07. The lowest BCUT2D eigenvalue weighted by atomic mass is 9.98. The van der Waals surface area contributed by atoms with E-state index in [0.29, 0.717) is 25.6 Å². The molecular weight excluding hydrogens is 284 g/mol. The number of piperidine rings is 1. The standard InChI is InChI=1S/C15H26N4O3/c1-3-17-7-8-19(15(22)14(17)21)11-13(20)18-6-4-5-12(10-18)9-16-2/h12,16H,3-11H2,1-2H3. The summed E-state index contributed by atoms with van der Waals surface area (Å²) in [5, 5.41) is 3.15. The highest BCUT2D eigenvalue weighted by Crippen LogP contribution is 2.16. The molecule has 1 atom stereocenters. The molecule has 0 spiro atoms. The van der Waals surface area contributed by atoms with E-state index < -0.39 is 11.8 Å². The van der Waals surface area contributed by atoms with Gasteiger partial charge in [-0.25, -0.2) is 0 Å². The fraction of sp³-hybridized carbons (Fsp3) is 0.800. The molecule has 0 aromatic rings. The summed E-state index contributed by atoms with van der Waals surface area (Å²) < 4.78 is 0. The number of carbonyl (C=O) groups excluding carboxylic acids is 3. The lowest BCUT2D eigenvalue weighted by molar-refractivity contribution is -0.157. The van der Waals surface area contributed by atoms with Crippen LogP contribution in [0.5, 0.6) is 0 Å². The van der Waals surface area contributed by atoms with Gasteiger partial charge in [0.15, 0.2) is 0 Å². The second-order valence-corrected chi connectivity index (χ2v) is 6.02. The Bertz CT molecular complexity index is 439. The molecule has 22 heavy (non-hydrogen) atoms. The van der Waals surface area contributed by atoms with Crippen molar-refractivity contribution in [3.8, 4) is 0 Å². The van der Waals surface area contributed by atoms with Crippen LogP contribution in [-0.2, 0) is 14.4 Å². The summed E-state index contributed by atoms with van der Waals surface area (Å²) in [4.78, 5) is 41.0. The molecule has 2 heterocycles. The molecule has 2 fully saturated rings. The van der Waals surface area contributed by atoms with Gasteiger partial charge in [0.2, 0.25) is 5.91 Å². The first-order chi connectivity index (χ1) is 10.6. The van der Waals surface area contributed by atoms with E-state index in [9.17, 15) is 14.4 Å². The van der Waals surface area contributed by atoms with Crippen LogP contribution in [0.4, 0.5) is 0 Å². The Morgan fingerprint density at radius 2 is 1.86 bits per heavy atom. The number of nitrogens with zero attached hydrogens (tertiary/aromatic N) is 3. The number of likely N-dealkylation sites (tertiary alicyclic amines) is 1. The van der Waals surface area contributed by atoms with Crippen LogP contribution in [0.2, 0.25) is 0 Å². The van der Waals surface area contributed by atoms with Gasteiger partial charge < -0.3 is 20.0 Å². The van der Waals surface area contributed by atoms with Crippen molar-refractivity contribution in [3.63, 3.8) is 0 Å². The van der Waals surface area contributed by atoms with Crippen LogP contribution >= 0.6 is 0 Å². The minimum absolute atomic E-state index is 0.0222. The van der Waals surface area contributed by atoms with Gasteiger partial charge in [-0.3, -0.25) is 14.4 Å². The maximum absolute atomic E-state index is 12.4. The second-order valence-electron chi connectivity index (χ2n) is 6.02. The Kier molecular flexibility index (Phi) is 5.76. The van der Waals surface area contributed by atoms with Crippen LogP contribution in [0.1, 0.15) is 19.8 Å². The van der Waals surface area contributed by atoms with Gasteiger partial charge in [-0.1, -0.05) is 0 Å². The molecule has 0 aromatic heterocycles. The van der Waals surface area contributed by atoms with Gasteiger partial charge in [0, 0.05) is 32.7 Å². The van der Waals surface area contributed by atoms with Crippen molar-refractivity contribution in [1.82, 2.24) is 20.0 Å². The van der Waals surface area contributed by atoms with E-state index in [0.717, 1.165) is 32.5 Å². The first kappa shape index (κ1) is 16.7. The zero-order valence-corrected chi connectivity index (χ0v) is 13.5. The highest BCUT2D eigenvalue weighted by atomic mass is 16.2. The maximum atomic E-state index is 12.4. The summed E-state index contributed by atoms with van der Waals surface area (Å²) in [6, 6.07) is 0. The van der Waals surface area contributed by atoms with Crippen molar-refractivity contribution in [2.45, 2.75) is 19.8 Å². The summed E-state index contributed by atoms with van der Waals surface area (Å²) in [5.41, 5.74) is 0. The van der Waals surface area contributed by atoms with Gasteiger partial charge in [-0.15, -0.1) is 0 Å². The molecule has 124 valence electrons. The Hall–Kier alpha value is -1.63. The SMILES string of the molecule is CCN1CCN(CC(=O)N2CCCC(CNC)C2)C(=O)C1=O. The van der Waals surface area contributed by atoms with E-state index in [1.807, 2.05) is 18.9 Å².